The van der Waals surface area contributed by atoms with Crippen molar-refractivity contribution in [2.75, 3.05) is 29.5 Å². The number of nitroso groups, excluding NO2 is 1. The number of hydrogen-bond acceptors (Lipinski definition) is 7. The van der Waals surface area contributed by atoms with Gasteiger partial charge in [0.1, 0.15) is 0 Å². The number of anilines is 3. The molecule has 1 aromatic heterocycles. The zero-order valence-corrected chi connectivity index (χ0v) is 10.2. The fraction of sp³-hybridized carbons (Fsp3) is 0.600. The van der Waals surface area contributed by atoms with Crippen LogP contribution in [0.1, 0.15) is 26.7 Å². The zero-order chi connectivity index (χ0) is 12.8. The monoisotopic (exact) mass is 238 g/mol. The van der Waals surface area contributed by atoms with Gasteiger partial charge in [-0.05, 0) is 18.0 Å². The summed E-state index contributed by atoms with van der Waals surface area (Å²) in [5.74, 6) is 0.510. The summed E-state index contributed by atoms with van der Waals surface area (Å²) in [5, 5.41) is 2.90. The first-order valence-corrected chi connectivity index (χ1v) is 5.65. The normalized spacial score (nSPS) is 10.2. The Morgan fingerprint density at radius 2 is 1.76 bits per heavy atom. The number of aromatic nitrogens is 2. The largest absolute Gasteiger partial charge is 0.382 e. The minimum atomic E-state index is 0.0275. The molecule has 7 heteroatoms. The van der Waals surface area contributed by atoms with Gasteiger partial charge in [0.25, 0.3) is 0 Å². The first kappa shape index (κ1) is 13.1. The second kappa shape index (κ2) is 5.97. The van der Waals surface area contributed by atoms with E-state index in [-0.39, 0.29) is 17.5 Å². The van der Waals surface area contributed by atoms with Crippen LogP contribution in [-0.4, -0.2) is 23.1 Å². The van der Waals surface area contributed by atoms with E-state index in [1.165, 1.54) is 0 Å². The Hall–Kier alpha value is -1.92. The van der Waals surface area contributed by atoms with E-state index in [0.29, 0.717) is 5.82 Å². The van der Waals surface area contributed by atoms with Gasteiger partial charge in [-0.25, -0.2) is 0 Å². The van der Waals surface area contributed by atoms with Gasteiger partial charge in [-0.15, -0.1) is 4.91 Å². The lowest BCUT2D eigenvalue weighted by Gasteiger charge is -2.23. The van der Waals surface area contributed by atoms with Crippen molar-refractivity contribution in [3.63, 3.8) is 0 Å². The quantitative estimate of drug-likeness (QED) is 0.729. The third kappa shape index (κ3) is 3.02. The van der Waals surface area contributed by atoms with Crippen molar-refractivity contribution in [1.29, 1.82) is 0 Å². The molecule has 0 aromatic carbocycles. The minimum absolute atomic E-state index is 0.0275. The van der Waals surface area contributed by atoms with E-state index in [1.807, 2.05) is 18.7 Å². The molecule has 0 saturated heterocycles. The third-order valence-electron chi connectivity index (χ3n) is 2.29. The molecule has 0 amide bonds. The van der Waals surface area contributed by atoms with Crippen LogP contribution in [0.15, 0.2) is 5.18 Å². The fourth-order valence-electron chi connectivity index (χ4n) is 1.65. The van der Waals surface area contributed by atoms with Crippen LogP contribution in [0.4, 0.5) is 23.3 Å². The van der Waals surface area contributed by atoms with Gasteiger partial charge in [-0.2, -0.15) is 9.97 Å². The number of nitrogens with two attached hydrogens (primary N) is 2. The Morgan fingerprint density at radius 1 is 1.18 bits per heavy atom. The van der Waals surface area contributed by atoms with Crippen molar-refractivity contribution < 1.29 is 0 Å². The van der Waals surface area contributed by atoms with Crippen LogP contribution in [0.3, 0.4) is 0 Å². The van der Waals surface area contributed by atoms with E-state index in [2.05, 4.69) is 15.1 Å². The smallest absolute Gasteiger partial charge is 0.224 e. The molecule has 1 rings (SSSR count). The van der Waals surface area contributed by atoms with Gasteiger partial charge >= 0.3 is 0 Å². The maximum absolute atomic E-state index is 10.8. The maximum atomic E-state index is 10.8. The Balaban J connectivity index is 3.19. The molecule has 0 unspecified atom stereocenters. The molecule has 1 heterocycles. The SMILES string of the molecule is CCCN(CCC)c1nc(N)nc(N)c1N=O. The maximum Gasteiger partial charge on any atom is 0.224 e. The van der Waals surface area contributed by atoms with E-state index < -0.39 is 0 Å². The highest BCUT2D eigenvalue weighted by Crippen LogP contribution is 2.32. The lowest BCUT2D eigenvalue weighted by molar-refractivity contribution is 0.734. The predicted octanol–water partition coefficient (Wildman–Crippen LogP) is 1.67. The lowest BCUT2D eigenvalue weighted by atomic mass is 10.3. The van der Waals surface area contributed by atoms with Crippen LogP contribution >= 0.6 is 0 Å². The van der Waals surface area contributed by atoms with Gasteiger partial charge in [-0.3, -0.25) is 0 Å². The second-order valence-electron chi connectivity index (χ2n) is 3.72. The van der Waals surface area contributed by atoms with Crippen molar-refractivity contribution in [3.05, 3.63) is 4.91 Å². The molecule has 0 spiro atoms. The number of nitrogens with zero attached hydrogens (tertiary/aromatic N) is 4. The average molecular weight is 238 g/mol. The van der Waals surface area contributed by atoms with Crippen LogP contribution in [0.2, 0.25) is 0 Å². The van der Waals surface area contributed by atoms with E-state index in [9.17, 15) is 4.91 Å². The van der Waals surface area contributed by atoms with Gasteiger partial charge in [0.2, 0.25) is 5.95 Å². The molecule has 0 atom stereocenters. The molecule has 17 heavy (non-hydrogen) atoms. The number of nitrogen functional groups attached to an aromatic ring is 2. The molecular formula is C10H18N6O. The Morgan fingerprint density at radius 3 is 2.24 bits per heavy atom. The molecule has 94 valence electrons. The van der Waals surface area contributed by atoms with E-state index >= 15 is 0 Å². The van der Waals surface area contributed by atoms with E-state index in [0.717, 1.165) is 25.9 Å². The molecule has 4 N–H and O–H groups in total. The summed E-state index contributed by atoms with van der Waals surface area (Å²) in [7, 11) is 0. The first-order valence-electron chi connectivity index (χ1n) is 5.65. The second-order valence-corrected chi connectivity index (χ2v) is 3.72. The number of hydrogen-bond donors (Lipinski definition) is 2. The molecule has 0 aliphatic rings. The highest BCUT2D eigenvalue weighted by Gasteiger charge is 2.17. The molecule has 1 aromatic rings. The molecular weight excluding hydrogens is 220 g/mol. The molecule has 7 nitrogen and oxygen atoms in total. The summed E-state index contributed by atoms with van der Waals surface area (Å²) in [5.41, 5.74) is 11.2. The van der Waals surface area contributed by atoms with E-state index in [4.69, 9.17) is 11.5 Å². The third-order valence-corrected chi connectivity index (χ3v) is 2.29. The molecule has 0 bridgehead atoms. The van der Waals surface area contributed by atoms with Crippen LogP contribution < -0.4 is 16.4 Å². The summed E-state index contributed by atoms with van der Waals surface area (Å²) in [6, 6.07) is 0. The van der Waals surface area contributed by atoms with Crippen LogP contribution in [-0.2, 0) is 0 Å². The van der Waals surface area contributed by atoms with Crippen LogP contribution in [0.5, 0.6) is 0 Å². The van der Waals surface area contributed by atoms with Crippen molar-refractivity contribution in [2.24, 2.45) is 5.18 Å². The topological polar surface area (TPSA) is 110 Å². The average Bonchev–Trinajstić information content (AvgIpc) is 2.28. The molecule has 0 fully saturated rings. The van der Waals surface area contributed by atoms with Crippen molar-refractivity contribution in [3.8, 4) is 0 Å². The van der Waals surface area contributed by atoms with Crippen LogP contribution in [0.25, 0.3) is 0 Å². The van der Waals surface area contributed by atoms with Crippen LogP contribution in [0, 0.1) is 4.91 Å². The Kier molecular flexibility index (Phi) is 4.62. The van der Waals surface area contributed by atoms with Gasteiger partial charge in [0, 0.05) is 13.1 Å². The molecule has 0 radical (unpaired) electrons. The summed E-state index contributed by atoms with van der Waals surface area (Å²) in [6.45, 7) is 5.63. The minimum Gasteiger partial charge on any atom is -0.382 e. The Bertz CT molecular complexity index is 389. The van der Waals surface area contributed by atoms with E-state index in [1.54, 1.807) is 0 Å². The highest BCUT2D eigenvalue weighted by molar-refractivity contribution is 5.74. The summed E-state index contributed by atoms with van der Waals surface area (Å²) < 4.78 is 0. The zero-order valence-electron chi connectivity index (χ0n) is 10.2. The molecule has 0 saturated carbocycles. The van der Waals surface area contributed by atoms with Gasteiger partial charge in [0.05, 0.1) is 0 Å². The standard InChI is InChI=1S/C10H18N6O/c1-3-5-16(6-4-2)9-7(15-17)8(11)13-10(12)14-9/h3-6H2,1-2H3,(H4,11,12,13,14). The Labute approximate surface area is 100 Å². The fourth-order valence-corrected chi connectivity index (χ4v) is 1.65. The summed E-state index contributed by atoms with van der Waals surface area (Å²) in [6.07, 6.45) is 1.87. The molecule has 0 aliphatic carbocycles. The predicted molar refractivity (Wildman–Crippen MR) is 69.1 cm³/mol. The van der Waals surface area contributed by atoms with Gasteiger partial charge in [0.15, 0.2) is 17.3 Å². The lowest BCUT2D eigenvalue weighted by Crippen LogP contribution is -2.26. The first-order chi connectivity index (χ1) is 8.13. The summed E-state index contributed by atoms with van der Waals surface area (Å²) in [4.78, 5) is 20.5. The van der Waals surface area contributed by atoms with Crippen molar-refractivity contribution >= 4 is 23.3 Å². The number of rotatable bonds is 6. The summed E-state index contributed by atoms with van der Waals surface area (Å²) >= 11 is 0. The van der Waals surface area contributed by atoms with Gasteiger partial charge < -0.3 is 16.4 Å². The van der Waals surface area contributed by atoms with Crippen molar-refractivity contribution in [2.45, 2.75) is 26.7 Å². The highest BCUT2D eigenvalue weighted by atomic mass is 16.3. The van der Waals surface area contributed by atoms with Crippen molar-refractivity contribution in [1.82, 2.24) is 9.97 Å². The van der Waals surface area contributed by atoms with Gasteiger partial charge in [-0.1, -0.05) is 13.8 Å². The molecule has 0 aliphatic heterocycles.